The molecule has 5 aromatic carbocycles. The number of rotatable bonds is 6. The van der Waals surface area contributed by atoms with Gasteiger partial charge in [-0.2, -0.15) is 5.10 Å². The Hall–Kier alpha value is -5.29. The maximum Gasteiger partial charge on any atom is 0.129 e. The molecule has 47 heavy (non-hydrogen) atoms. The van der Waals surface area contributed by atoms with Crippen LogP contribution in [0.15, 0.2) is 134 Å². The molecule has 1 aliphatic heterocycles. The van der Waals surface area contributed by atoms with Crippen LogP contribution in [0.3, 0.4) is 0 Å². The van der Waals surface area contributed by atoms with Gasteiger partial charge in [0.15, 0.2) is 0 Å². The van der Waals surface area contributed by atoms with Gasteiger partial charge in [0.25, 0.3) is 0 Å². The molecule has 0 bridgehead atoms. The third kappa shape index (κ3) is 6.14. The van der Waals surface area contributed by atoms with Crippen molar-refractivity contribution in [3.63, 3.8) is 0 Å². The third-order valence-corrected chi connectivity index (χ3v) is 8.84. The smallest absolute Gasteiger partial charge is 0.129 e. The summed E-state index contributed by atoms with van der Waals surface area (Å²) < 4.78 is 8.35. The van der Waals surface area contributed by atoms with Gasteiger partial charge < -0.3 is 14.5 Å². The Morgan fingerprint density at radius 3 is 1.87 bits per heavy atom. The van der Waals surface area contributed by atoms with E-state index < -0.39 is 0 Å². The zero-order valence-corrected chi connectivity index (χ0v) is 28.1. The molecule has 5 nitrogen and oxygen atoms in total. The number of nitrogens with zero attached hydrogens (tertiary/aromatic N) is 4. The second kappa shape index (κ2) is 11.8. The fourth-order valence-corrected chi connectivity index (χ4v) is 6.26. The number of ether oxygens (including phenoxy) is 1. The minimum absolute atomic E-state index is 0.0134. The lowest BCUT2D eigenvalue weighted by Crippen LogP contribution is -2.27. The fourth-order valence-electron chi connectivity index (χ4n) is 6.26. The molecular formula is C42H42N4O. The summed E-state index contributed by atoms with van der Waals surface area (Å²) in [5.74, 6) is 1.54. The van der Waals surface area contributed by atoms with Gasteiger partial charge in [-0.1, -0.05) is 108 Å². The monoisotopic (exact) mass is 618 g/mol. The minimum atomic E-state index is -0.0134. The van der Waals surface area contributed by atoms with E-state index in [2.05, 4.69) is 129 Å². The van der Waals surface area contributed by atoms with E-state index in [1.165, 1.54) is 28.2 Å². The van der Waals surface area contributed by atoms with E-state index in [1.807, 2.05) is 65.6 Å². The molecule has 0 saturated carbocycles. The highest BCUT2D eigenvalue weighted by atomic mass is 16.5. The first-order valence-corrected chi connectivity index (χ1v) is 16.3. The standard InChI is InChI=1S/C42H42N4O/c1-41(2,3)32-22-23-38(37(24-32)42(4,5)6)45-29-44(39-20-10-11-21-40(39)45)33-16-12-18-35(25-33)47-36-19-13-17-34(26-36)46-28-31(27-43-46)30-14-8-7-9-15-30/h7-28H,29H2,1-6H3. The van der Waals surface area contributed by atoms with Gasteiger partial charge in [-0.25, -0.2) is 4.68 Å². The van der Waals surface area contributed by atoms with Gasteiger partial charge in [0.2, 0.25) is 0 Å². The van der Waals surface area contributed by atoms with Gasteiger partial charge in [0, 0.05) is 35.3 Å². The van der Waals surface area contributed by atoms with Crippen LogP contribution in [0.2, 0.25) is 0 Å². The predicted octanol–water partition coefficient (Wildman–Crippen LogP) is 11.2. The molecule has 0 amide bonds. The molecule has 2 heterocycles. The molecule has 1 aromatic heterocycles. The molecule has 5 heteroatoms. The zero-order valence-electron chi connectivity index (χ0n) is 28.1. The summed E-state index contributed by atoms with van der Waals surface area (Å²) in [5, 5.41) is 4.62. The van der Waals surface area contributed by atoms with Crippen molar-refractivity contribution in [1.82, 2.24) is 9.78 Å². The minimum Gasteiger partial charge on any atom is -0.457 e. The van der Waals surface area contributed by atoms with Crippen molar-refractivity contribution in [3.05, 3.63) is 145 Å². The average Bonchev–Trinajstić information content (AvgIpc) is 3.71. The largest absolute Gasteiger partial charge is 0.457 e. The first kappa shape index (κ1) is 30.4. The zero-order chi connectivity index (χ0) is 32.8. The SMILES string of the molecule is CC(C)(C)c1ccc(N2CN(c3cccc(Oc4cccc(-n5cc(-c6ccccc6)cn5)c4)c3)c3ccccc32)c(C(C)(C)C)c1. The van der Waals surface area contributed by atoms with Crippen molar-refractivity contribution in [1.29, 1.82) is 0 Å². The van der Waals surface area contributed by atoms with Gasteiger partial charge in [0.1, 0.15) is 18.2 Å². The van der Waals surface area contributed by atoms with Crippen molar-refractivity contribution in [2.75, 3.05) is 16.5 Å². The number of fused-ring (bicyclic) bond motifs is 1. The summed E-state index contributed by atoms with van der Waals surface area (Å²) in [5.41, 5.74) is 10.6. The quantitative estimate of drug-likeness (QED) is 0.186. The number of anilines is 4. The number of para-hydroxylation sites is 2. The van der Waals surface area contributed by atoms with Crippen LogP contribution in [0.1, 0.15) is 52.7 Å². The van der Waals surface area contributed by atoms with E-state index in [-0.39, 0.29) is 10.8 Å². The maximum absolute atomic E-state index is 6.46. The molecule has 1 aliphatic rings. The number of aromatic nitrogens is 2. The first-order chi connectivity index (χ1) is 22.5. The van der Waals surface area contributed by atoms with E-state index in [1.54, 1.807) is 0 Å². The Morgan fingerprint density at radius 1 is 0.553 bits per heavy atom. The Balaban J connectivity index is 1.17. The van der Waals surface area contributed by atoms with Crippen molar-refractivity contribution < 1.29 is 4.74 Å². The summed E-state index contributed by atoms with van der Waals surface area (Å²) in [7, 11) is 0. The highest BCUT2D eigenvalue weighted by Gasteiger charge is 2.32. The molecule has 7 rings (SSSR count). The van der Waals surface area contributed by atoms with Crippen LogP contribution in [-0.2, 0) is 10.8 Å². The van der Waals surface area contributed by atoms with Crippen LogP contribution in [-0.4, -0.2) is 16.4 Å². The molecule has 0 unspecified atom stereocenters. The van der Waals surface area contributed by atoms with Crippen LogP contribution in [0, 0.1) is 0 Å². The molecular weight excluding hydrogens is 576 g/mol. The Kier molecular flexibility index (Phi) is 7.63. The van der Waals surface area contributed by atoms with Crippen LogP contribution in [0.25, 0.3) is 16.8 Å². The molecule has 0 aliphatic carbocycles. The molecule has 0 fully saturated rings. The highest BCUT2D eigenvalue weighted by Crippen LogP contribution is 2.47. The number of hydrogen-bond acceptors (Lipinski definition) is 4. The van der Waals surface area contributed by atoms with Gasteiger partial charge in [-0.05, 0) is 70.0 Å². The Morgan fingerprint density at radius 2 is 1.19 bits per heavy atom. The van der Waals surface area contributed by atoms with Gasteiger partial charge in [-0.15, -0.1) is 0 Å². The van der Waals surface area contributed by atoms with Crippen LogP contribution in [0.4, 0.5) is 22.7 Å². The van der Waals surface area contributed by atoms with E-state index in [0.29, 0.717) is 6.67 Å². The lowest BCUT2D eigenvalue weighted by Gasteiger charge is -2.32. The molecule has 6 aromatic rings. The van der Waals surface area contributed by atoms with Crippen molar-refractivity contribution in [2.45, 2.75) is 52.4 Å². The average molecular weight is 619 g/mol. The summed E-state index contributed by atoms with van der Waals surface area (Å²) >= 11 is 0. The van der Waals surface area contributed by atoms with Crippen molar-refractivity contribution in [2.24, 2.45) is 0 Å². The number of benzene rings is 5. The van der Waals surface area contributed by atoms with E-state index in [0.717, 1.165) is 34.0 Å². The summed E-state index contributed by atoms with van der Waals surface area (Å²) in [6.45, 7) is 14.5. The molecule has 0 spiro atoms. The van der Waals surface area contributed by atoms with Crippen molar-refractivity contribution in [3.8, 4) is 28.3 Å². The lowest BCUT2D eigenvalue weighted by atomic mass is 9.79. The predicted molar refractivity (Wildman–Crippen MR) is 195 cm³/mol. The molecule has 0 radical (unpaired) electrons. The molecule has 236 valence electrons. The van der Waals surface area contributed by atoms with Crippen LogP contribution >= 0.6 is 0 Å². The van der Waals surface area contributed by atoms with E-state index in [9.17, 15) is 0 Å². The summed E-state index contributed by atoms with van der Waals surface area (Å²) in [6.07, 6.45) is 3.94. The summed E-state index contributed by atoms with van der Waals surface area (Å²) in [6, 6.07) is 42.4. The van der Waals surface area contributed by atoms with E-state index in [4.69, 9.17) is 4.74 Å². The van der Waals surface area contributed by atoms with Crippen LogP contribution in [0.5, 0.6) is 11.5 Å². The molecule has 0 atom stereocenters. The van der Waals surface area contributed by atoms with Gasteiger partial charge in [0.05, 0.1) is 23.3 Å². The van der Waals surface area contributed by atoms with E-state index >= 15 is 0 Å². The Bertz CT molecular complexity index is 2030. The van der Waals surface area contributed by atoms with Gasteiger partial charge in [-0.3, -0.25) is 0 Å². The molecule has 0 N–H and O–H groups in total. The van der Waals surface area contributed by atoms with Gasteiger partial charge >= 0.3 is 0 Å². The van der Waals surface area contributed by atoms with Crippen molar-refractivity contribution >= 4 is 22.7 Å². The summed E-state index contributed by atoms with van der Waals surface area (Å²) in [4.78, 5) is 4.82. The second-order valence-corrected chi connectivity index (χ2v) is 14.4. The van der Waals surface area contributed by atoms with Crippen LogP contribution < -0.4 is 14.5 Å². The topological polar surface area (TPSA) is 33.5 Å². The lowest BCUT2D eigenvalue weighted by molar-refractivity contribution is 0.482. The first-order valence-electron chi connectivity index (χ1n) is 16.3. The molecule has 0 saturated heterocycles. The second-order valence-electron chi connectivity index (χ2n) is 14.4. The fraction of sp³-hybridized carbons (Fsp3) is 0.214. The third-order valence-electron chi connectivity index (χ3n) is 8.84. The maximum atomic E-state index is 6.46. The highest BCUT2D eigenvalue weighted by molar-refractivity contribution is 5.88. The Labute approximate surface area is 278 Å². The normalized spacial score (nSPS) is 13.1. The number of hydrogen-bond donors (Lipinski definition) is 0.